The maximum absolute atomic E-state index is 10.6. The first-order chi connectivity index (χ1) is 7.90. The highest BCUT2D eigenvalue weighted by molar-refractivity contribution is 7.80. The Morgan fingerprint density at radius 3 is 2.47 bits per heavy atom. The van der Waals surface area contributed by atoms with Crippen LogP contribution in [0.4, 0.5) is 11.4 Å². The number of anilines is 2. The van der Waals surface area contributed by atoms with Gasteiger partial charge in [-0.1, -0.05) is 0 Å². The molecule has 0 heterocycles. The first-order valence-corrected chi connectivity index (χ1v) is 6.63. The third-order valence-corrected chi connectivity index (χ3v) is 2.76. The second kappa shape index (κ2) is 6.07. The van der Waals surface area contributed by atoms with Crippen molar-refractivity contribution in [1.82, 2.24) is 4.72 Å². The molecule has 0 amide bonds. The highest BCUT2D eigenvalue weighted by Crippen LogP contribution is 2.24. The lowest BCUT2D eigenvalue weighted by atomic mass is 10.1. The fourth-order valence-electron chi connectivity index (χ4n) is 1.40. The van der Waals surface area contributed by atoms with Crippen molar-refractivity contribution in [3.05, 3.63) is 23.3 Å². The van der Waals surface area contributed by atoms with Crippen LogP contribution in [0.5, 0.6) is 0 Å². The van der Waals surface area contributed by atoms with Gasteiger partial charge in [-0.2, -0.15) is 0 Å². The van der Waals surface area contributed by atoms with Gasteiger partial charge in [0.1, 0.15) is 0 Å². The Balaban J connectivity index is 3.06. The Hall–Kier alpha value is -1.00. The van der Waals surface area contributed by atoms with Crippen LogP contribution in [0.25, 0.3) is 0 Å². The highest BCUT2D eigenvalue weighted by Gasteiger charge is 2.07. The smallest absolute Gasteiger partial charge is 0.0528 e. The van der Waals surface area contributed by atoms with Gasteiger partial charge < -0.3 is 19.6 Å². The number of hydrogen-bond donors (Lipinski definition) is 3. The molecule has 1 aromatic rings. The SMILES string of the molecule is Cc1cc(N)cc(CNS(=O)[O-])c1NS(=O)[O-]. The van der Waals surface area contributed by atoms with Crippen molar-refractivity contribution in [3.8, 4) is 0 Å². The van der Waals surface area contributed by atoms with Crippen LogP contribution in [0.2, 0.25) is 0 Å². The molecule has 1 rings (SSSR count). The predicted octanol–water partition coefficient (Wildman–Crippen LogP) is -0.333. The maximum atomic E-state index is 10.6. The van der Waals surface area contributed by atoms with Crippen molar-refractivity contribution in [2.45, 2.75) is 13.5 Å². The average molecular weight is 277 g/mol. The van der Waals surface area contributed by atoms with E-state index in [0.29, 0.717) is 22.5 Å². The number of aryl methyl sites for hydroxylation is 1. The molecular weight excluding hydrogens is 266 g/mol. The van der Waals surface area contributed by atoms with Gasteiger partial charge in [-0.05, 0) is 30.2 Å². The fraction of sp³-hybridized carbons (Fsp3) is 0.250. The zero-order chi connectivity index (χ0) is 13.0. The van der Waals surface area contributed by atoms with Crippen molar-refractivity contribution in [3.63, 3.8) is 0 Å². The standard InChI is InChI=1S/C8H13N3O4S2/c1-5-2-7(9)3-6(4-10-16(12)13)8(5)11-17(14)15/h2-3,10-11H,4,9H2,1H3,(H,12,13)(H,14,15)/p-2. The van der Waals surface area contributed by atoms with Crippen molar-refractivity contribution in [1.29, 1.82) is 0 Å². The Labute approximate surface area is 104 Å². The highest BCUT2D eigenvalue weighted by atomic mass is 32.2. The van der Waals surface area contributed by atoms with Crippen LogP contribution in [0.15, 0.2) is 12.1 Å². The summed E-state index contributed by atoms with van der Waals surface area (Å²) in [5.74, 6) is 0. The van der Waals surface area contributed by atoms with E-state index in [4.69, 9.17) is 5.73 Å². The van der Waals surface area contributed by atoms with Crippen molar-refractivity contribution in [2.75, 3.05) is 10.5 Å². The lowest BCUT2D eigenvalue weighted by Gasteiger charge is -2.18. The number of nitrogen functional groups attached to an aromatic ring is 1. The molecule has 0 fully saturated rings. The number of benzene rings is 1. The zero-order valence-electron chi connectivity index (χ0n) is 8.89. The molecule has 2 atom stereocenters. The first kappa shape index (κ1) is 14.1. The van der Waals surface area contributed by atoms with E-state index < -0.39 is 22.5 Å². The second-order valence-electron chi connectivity index (χ2n) is 3.26. The molecule has 0 bridgehead atoms. The van der Waals surface area contributed by atoms with Crippen molar-refractivity contribution >= 4 is 33.9 Å². The Morgan fingerprint density at radius 2 is 1.94 bits per heavy atom. The van der Waals surface area contributed by atoms with Gasteiger partial charge >= 0.3 is 0 Å². The summed E-state index contributed by atoms with van der Waals surface area (Å²) >= 11 is -4.90. The van der Waals surface area contributed by atoms with Crippen LogP contribution in [0, 0.1) is 6.92 Å². The van der Waals surface area contributed by atoms with Crippen LogP contribution in [-0.4, -0.2) is 17.5 Å². The molecule has 0 aliphatic heterocycles. The number of hydrogen-bond acceptors (Lipinski definition) is 5. The van der Waals surface area contributed by atoms with E-state index in [9.17, 15) is 17.5 Å². The summed E-state index contributed by atoms with van der Waals surface area (Å²) < 4.78 is 46.4. The van der Waals surface area contributed by atoms with E-state index in [1.54, 1.807) is 13.0 Å². The zero-order valence-corrected chi connectivity index (χ0v) is 10.5. The molecule has 17 heavy (non-hydrogen) atoms. The predicted molar refractivity (Wildman–Crippen MR) is 63.9 cm³/mol. The van der Waals surface area contributed by atoms with Gasteiger partial charge in [0.15, 0.2) is 0 Å². The van der Waals surface area contributed by atoms with Gasteiger partial charge in [0.25, 0.3) is 0 Å². The largest absolute Gasteiger partial charge is 0.760 e. The summed E-state index contributed by atoms with van der Waals surface area (Å²) in [7, 11) is 0. The van der Waals surface area contributed by atoms with Gasteiger partial charge in [-0.15, -0.1) is 0 Å². The van der Waals surface area contributed by atoms with E-state index in [2.05, 4.69) is 9.44 Å². The summed E-state index contributed by atoms with van der Waals surface area (Å²) in [4.78, 5) is 0. The monoisotopic (exact) mass is 277 g/mol. The summed E-state index contributed by atoms with van der Waals surface area (Å²) in [5, 5.41) is 0. The van der Waals surface area contributed by atoms with Gasteiger partial charge in [0.05, 0.1) is 5.69 Å². The van der Waals surface area contributed by atoms with Crippen LogP contribution in [-0.2, 0) is 29.1 Å². The average Bonchev–Trinajstić information content (AvgIpc) is 2.18. The number of nitrogens with one attached hydrogen (secondary N) is 2. The number of nitrogens with two attached hydrogens (primary N) is 1. The summed E-state index contributed by atoms with van der Waals surface area (Å²) in [6.07, 6.45) is 0. The molecule has 0 aliphatic rings. The number of rotatable bonds is 5. The molecule has 4 N–H and O–H groups in total. The Kier molecular flexibility index (Phi) is 5.02. The topological polar surface area (TPSA) is 130 Å². The summed E-state index contributed by atoms with van der Waals surface area (Å²) in [5.41, 5.74) is 7.42. The van der Waals surface area contributed by atoms with E-state index >= 15 is 0 Å². The van der Waals surface area contributed by atoms with E-state index in [1.165, 1.54) is 6.07 Å². The fourth-order valence-corrected chi connectivity index (χ4v) is 2.13. The van der Waals surface area contributed by atoms with Gasteiger partial charge in [0.2, 0.25) is 0 Å². The van der Waals surface area contributed by atoms with Crippen LogP contribution < -0.4 is 15.2 Å². The molecule has 0 saturated heterocycles. The van der Waals surface area contributed by atoms with E-state index in [0.717, 1.165) is 0 Å². The van der Waals surface area contributed by atoms with Gasteiger partial charge in [-0.3, -0.25) is 8.42 Å². The van der Waals surface area contributed by atoms with Crippen molar-refractivity contribution in [2.24, 2.45) is 0 Å². The molecule has 9 heteroatoms. The molecule has 0 spiro atoms. The molecule has 0 saturated carbocycles. The lowest BCUT2D eigenvalue weighted by molar-refractivity contribution is 0.522. The molecule has 7 nitrogen and oxygen atoms in total. The van der Waals surface area contributed by atoms with E-state index in [-0.39, 0.29) is 6.54 Å². The van der Waals surface area contributed by atoms with Crippen LogP contribution in [0.1, 0.15) is 11.1 Å². The Morgan fingerprint density at radius 1 is 1.29 bits per heavy atom. The molecular formula is C8H11N3O4S2-2. The summed E-state index contributed by atoms with van der Waals surface area (Å²) in [6, 6.07) is 3.09. The van der Waals surface area contributed by atoms with E-state index in [1.807, 2.05) is 0 Å². The third kappa shape index (κ3) is 4.40. The minimum Gasteiger partial charge on any atom is -0.760 e. The molecule has 0 aliphatic carbocycles. The molecule has 1 aromatic carbocycles. The second-order valence-corrected chi connectivity index (χ2v) is 4.70. The van der Waals surface area contributed by atoms with Crippen LogP contribution >= 0.6 is 0 Å². The third-order valence-electron chi connectivity index (χ3n) is 2.01. The lowest BCUT2D eigenvalue weighted by Crippen LogP contribution is -2.18. The Bertz CT molecular complexity index is 466. The quantitative estimate of drug-likeness (QED) is 0.501. The minimum absolute atomic E-state index is 0.0402. The van der Waals surface area contributed by atoms with Crippen molar-refractivity contribution < 1.29 is 17.5 Å². The maximum Gasteiger partial charge on any atom is 0.0528 e. The van der Waals surface area contributed by atoms with Crippen LogP contribution in [0.3, 0.4) is 0 Å². The minimum atomic E-state index is -2.48. The molecule has 0 aromatic heterocycles. The van der Waals surface area contributed by atoms with Gasteiger partial charge in [-0.25, -0.2) is 4.72 Å². The molecule has 96 valence electrons. The first-order valence-electron chi connectivity index (χ1n) is 4.48. The van der Waals surface area contributed by atoms with Gasteiger partial charge in [0, 0.05) is 34.8 Å². The molecule has 2 unspecified atom stereocenters. The normalized spacial score (nSPS) is 14.3. The summed E-state index contributed by atoms with van der Waals surface area (Å²) in [6.45, 7) is 1.63. The molecule has 0 radical (unpaired) electrons.